The number of rotatable bonds is 24. The number of unbranched alkanes of at least 4 members (excludes halogenated alkanes) is 1. The molecule has 20 heteroatoms. The fraction of sp³-hybridized carbons (Fsp3) is 0.319. The monoisotopic (exact) mass is 1210 g/mol. The minimum atomic E-state index is -2.06. The van der Waals surface area contributed by atoms with Gasteiger partial charge in [-0.05, 0) is 138 Å². The summed E-state index contributed by atoms with van der Waals surface area (Å²) in [6, 6.07) is 38.5. The number of aliphatic hydroxyl groups is 1. The van der Waals surface area contributed by atoms with Crippen LogP contribution in [0.3, 0.4) is 0 Å². The Morgan fingerprint density at radius 1 is 0.629 bits per heavy atom. The van der Waals surface area contributed by atoms with Crippen molar-refractivity contribution >= 4 is 53.4 Å². The predicted octanol–water partition coefficient (Wildman–Crippen LogP) is 9.61. The van der Waals surface area contributed by atoms with Gasteiger partial charge in [-0.1, -0.05) is 84.9 Å². The van der Waals surface area contributed by atoms with Crippen molar-refractivity contribution < 1.29 is 57.6 Å². The molecule has 4 atom stereocenters. The predicted molar refractivity (Wildman–Crippen MR) is 333 cm³/mol. The Kier molecular flexibility index (Phi) is 20.1. The highest BCUT2D eigenvalue weighted by Gasteiger charge is 2.44. The Labute approximate surface area is 516 Å². The second kappa shape index (κ2) is 28.0. The Hall–Kier alpha value is -9.63. The fourth-order valence-electron chi connectivity index (χ4n) is 11.0. The molecule has 1 aliphatic carbocycles. The van der Waals surface area contributed by atoms with Crippen molar-refractivity contribution in [2.45, 2.75) is 128 Å². The van der Waals surface area contributed by atoms with Crippen molar-refractivity contribution in [2.75, 3.05) is 23.8 Å². The van der Waals surface area contributed by atoms with Crippen molar-refractivity contribution in [2.24, 2.45) is 5.73 Å². The van der Waals surface area contributed by atoms with Crippen LogP contribution in [0.25, 0.3) is 11.1 Å². The van der Waals surface area contributed by atoms with Gasteiger partial charge >= 0.3 is 18.0 Å². The SMILES string of the molecule is CC(C)(C)OC(=O)C[C@H](NC(=O)[C@H](CCCCN(Cc1ccccn1)Cc1ccccn1)NC(=O)OCC1c2ccccc2-c2ccccc21)C(=O)Nc1ccc2c(c1)Oc1cc(NC(=O)[C@@H](N)CC(=O)OC(C)(C)C)ccc1C2(O)c1ccccc1C=O. The molecule has 20 nitrogen and oxygen atoms in total. The molecule has 7 N–H and O–H groups in total. The van der Waals surface area contributed by atoms with Crippen LogP contribution in [0.15, 0.2) is 158 Å². The molecule has 462 valence electrons. The largest absolute Gasteiger partial charge is 0.460 e. The number of nitrogens with one attached hydrogen (secondary N) is 4. The van der Waals surface area contributed by atoms with E-state index in [1.165, 1.54) is 36.4 Å². The molecule has 0 fully saturated rings. The number of carbonyl (C=O) groups excluding carboxylic acids is 7. The number of pyridine rings is 2. The van der Waals surface area contributed by atoms with Crippen molar-refractivity contribution in [3.8, 4) is 22.6 Å². The van der Waals surface area contributed by atoms with Gasteiger partial charge in [-0.2, -0.15) is 0 Å². The number of anilines is 2. The molecule has 7 aromatic rings. The number of benzene rings is 5. The van der Waals surface area contributed by atoms with Gasteiger partial charge < -0.3 is 51.1 Å². The molecule has 1 unspecified atom stereocenters. The molecule has 0 bridgehead atoms. The van der Waals surface area contributed by atoms with Crippen molar-refractivity contribution in [3.63, 3.8) is 0 Å². The number of hydrogen-bond donors (Lipinski definition) is 6. The van der Waals surface area contributed by atoms with Crippen molar-refractivity contribution in [1.29, 1.82) is 0 Å². The van der Waals surface area contributed by atoms with Gasteiger partial charge in [-0.15, -0.1) is 0 Å². The third kappa shape index (κ3) is 16.3. The normalized spacial score (nSPS) is 15.1. The van der Waals surface area contributed by atoms with Gasteiger partial charge in [0.25, 0.3) is 0 Å². The van der Waals surface area contributed by atoms with Crippen LogP contribution in [0.5, 0.6) is 11.5 Å². The summed E-state index contributed by atoms with van der Waals surface area (Å²) in [6.07, 6.45) is 3.27. The lowest BCUT2D eigenvalue weighted by atomic mass is 9.76. The first-order chi connectivity index (χ1) is 42.5. The number of aromatic nitrogens is 2. The first-order valence-electron chi connectivity index (χ1n) is 29.5. The average molecular weight is 1210 g/mol. The zero-order chi connectivity index (χ0) is 63.5. The van der Waals surface area contributed by atoms with Gasteiger partial charge in [0.1, 0.15) is 53.3 Å². The van der Waals surface area contributed by atoms with E-state index in [4.69, 9.17) is 24.7 Å². The van der Waals surface area contributed by atoms with E-state index >= 15 is 0 Å². The molecule has 4 amide bonds. The van der Waals surface area contributed by atoms with Crippen LogP contribution in [0.4, 0.5) is 16.2 Å². The summed E-state index contributed by atoms with van der Waals surface area (Å²) in [7, 11) is 0. The molecule has 3 heterocycles. The van der Waals surface area contributed by atoms with Gasteiger partial charge in [-0.25, -0.2) is 4.79 Å². The molecule has 0 spiro atoms. The number of fused-ring (bicyclic) bond motifs is 5. The number of nitrogens with zero attached hydrogens (tertiary/aromatic N) is 3. The highest BCUT2D eigenvalue weighted by molar-refractivity contribution is 6.01. The van der Waals surface area contributed by atoms with Crippen LogP contribution in [-0.2, 0) is 56.9 Å². The maximum absolute atomic E-state index is 14.8. The molecule has 2 aromatic heterocycles. The number of esters is 2. The van der Waals surface area contributed by atoms with Crippen molar-refractivity contribution in [3.05, 3.63) is 203 Å². The molecule has 89 heavy (non-hydrogen) atoms. The zero-order valence-corrected chi connectivity index (χ0v) is 50.6. The number of aldehydes is 1. The van der Waals surface area contributed by atoms with Crippen LogP contribution >= 0.6 is 0 Å². The van der Waals surface area contributed by atoms with Crippen LogP contribution in [0.1, 0.15) is 129 Å². The van der Waals surface area contributed by atoms with Gasteiger partial charge in [0.2, 0.25) is 17.7 Å². The average Bonchev–Trinajstić information content (AvgIpc) is 1.26. The van der Waals surface area contributed by atoms with Gasteiger partial charge in [-0.3, -0.25) is 43.6 Å². The quantitative estimate of drug-likeness (QED) is 0.0142. The molecule has 0 saturated carbocycles. The molecule has 9 rings (SSSR count). The summed E-state index contributed by atoms with van der Waals surface area (Å²) < 4.78 is 23.4. The van der Waals surface area contributed by atoms with Crippen molar-refractivity contribution in [1.82, 2.24) is 25.5 Å². The molecule has 1 aliphatic heterocycles. The Morgan fingerprint density at radius 2 is 1.16 bits per heavy atom. The summed E-state index contributed by atoms with van der Waals surface area (Å²) in [5, 5.41) is 24.1. The first kappa shape index (κ1) is 63.9. The lowest BCUT2D eigenvalue weighted by molar-refractivity contribution is -0.157. The number of carbonyl (C=O) groups is 7. The zero-order valence-electron chi connectivity index (χ0n) is 50.6. The second-order valence-electron chi connectivity index (χ2n) is 24.0. The standard InChI is InChI=1S/C69H74N8O12/c1-67(2,3)88-61(79)37-56(70)63(81)73-44-28-30-54-59(35-44)87-60-36-45(29-31-55(60)69(54,85)53-26-12-7-19-43(53)41-78)74-65(83)58(38-62(80)89-68(4,5)6)75-64(82)57(27-15-18-34-77(39-46-20-13-16-32-71-46)40-47-21-14-17-33-72-47)76-66(84)86-42-52-50-24-10-8-22-48(50)49-23-9-11-25-51(49)52/h7-14,16-17,19-26,28-33,35-36,41,52,56-58,85H,15,18,27,34,37-40,42,70H2,1-6H3,(H,73,81)(H,74,83)(H,75,82)(H,76,84)/t56-,57-,58-,69?/m0/s1. The molecule has 2 aliphatic rings. The van der Waals surface area contributed by atoms with Gasteiger partial charge in [0.05, 0.1) is 30.3 Å². The Balaban J connectivity index is 0.970. The number of amides is 4. The molecule has 0 radical (unpaired) electrons. The van der Waals surface area contributed by atoms with Gasteiger partial charge in [0, 0.05) is 77.2 Å². The van der Waals surface area contributed by atoms with Crippen LogP contribution in [0, 0.1) is 0 Å². The first-order valence-corrected chi connectivity index (χ1v) is 29.5. The minimum absolute atomic E-state index is 0.0160. The topological polar surface area (TPSA) is 280 Å². The maximum Gasteiger partial charge on any atom is 0.407 e. The van der Waals surface area contributed by atoms with Crippen LogP contribution in [0.2, 0.25) is 0 Å². The number of nitrogens with two attached hydrogens (primary N) is 1. The van der Waals surface area contributed by atoms with E-state index in [1.807, 2.05) is 84.9 Å². The maximum atomic E-state index is 14.8. The highest BCUT2D eigenvalue weighted by Crippen LogP contribution is 2.52. The summed E-state index contributed by atoms with van der Waals surface area (Å²) in [4.78, 5) is 107. The van der Waals surface area contributed by atoms with E-state index in [9.17, 15) is 38.7 Å². The lowest BCUT2D eigenvalue weighted by Gasteiger charge is -2.37. The van der Waals surface area contributed by atoms with Crippen LogP contribution < -0.4 is 31.7 Å². The third-order valence-electron chi connectivity index (χ3n) is 14.9. The molecule has 5 aromatic carbocycles. The molecular formula is C69H74N8O12. The Bertz CT molecular complexity index is 3630. The van der Waals surface area contributed by atoms with E-state index in [2.05, 4.69) is 36.1 Å². The van der Waals surface area contributed by atoms with E-state index in [0.717, 1.165) is 33.6 Å². The minimum Gasteiger partial charge on any atom is -0.460 e. The number of alkyl carbamates (subject to hydrolysis) is 1. The molecule has 0 saturated heterocycles. The van der Waals surface area contributed by atoms with Crippen LogP contribution in [-0.4, -0.2) is 104 Å². The highest BCUT2D eigenvalue weighted by atomic mass is 16.6. The fourth-order valence-corrected chi connectivity index (χ4v) is 11.0. The second-order valence-corrected chi connectivity index (χ2v) is 24.0. The van der Waals surface area contributed by atoms with E-state index in [0.29, 0.717) is 38.8 Å². The summed E-state index contributed by atoms with van der Waals surface area (Å²) in [6.45, 7) is 11.7. The third-order valence-corrected chi connectivity index (χ3v) is 14.9. The smallest absolute Gasteiger partial charge is 0.407 e. The van der Waals surface area contributed by atoms with Gasteiger partial charge in [0.15, 0.2) is 0 Å². The summed E-state index contributed by atoms with van der Waals surface area (Å²) >= 11 is 0. The Morgan fingerprint density at radius 3 is 1.71 bits per heavy atom. The van der Waals surface area contributed by atoms with E-state index < -0.39 is 83.5 Å². The molecular weight excluding hydrogens is 1130 g/mol. The summed E-state index contributed by atoms with van der Waals surface area (Å²) in [5.41, 5.74) is 9.09. The van der Waals surface area contributed by atoms with E-state index in [1.54, 1.807) is 78.2 Å². The van der Waals surface area contributed by atoms with E-state index in [-0.39, 0.29) is 64.1 Å². The lowest BCUT2D eigenvalue weighted by Crippen LogP contribution is -2.53. The summed E-state index contributed by atoms with van der Waals surface area (Å²) in [5.74, 6) is -4.03. The number of hydrogen-bond acceptors (Lipinski definition) is 16. The number of ether oxygens (including phenoxy) is 4.